The number of nitrogens with zero attached hydrogens (tertiary/aromatic N) is 2. The Bertz CT molecular complexity index is 859. The number of thiophene rings is 1. The van der Waals surface area contributed by atoms with Crippen molar-refractivity contribution in [3.63, 3.8) is 0 Å². The Hall–Kier alpha value is -2.15. The summed E-state index contributed by atoms with van der Waals surface area (Å²) in [4.78, 5) is 29.4. The summed E-state index contributed by atoms with van der Waals surface area (Å²) in [6, 6.07) is 2.12. The second kappa shape index (κ2) is 15.1. The van der Waals surface area contributed by atoms with E-state index in [0.717, 1.165) is 63.6 Å². The second-order valence-corrected chi connectivity index (χ2v) is 10.4. The fourth-order valence-electron chi connectivity index (χ4n) is 4.99. The molecular weight excluding hydrogens is 460 g/mol. The van der Waals surface area contributed by atoms with Crippen LogP contribution in [0.2, 0.25) is 0 Å². The fraction of sp³-hybridized carbons (Fsp3) is 0.731. The van der Waals surface area contributed by atoms with Gasteiger partial charge in [-0.25, -0.2) is 4.79 Å². The molecule has 3 rings (SSSR count). The maximum Gasteiger partial charge on any atom is 0.324 e. The average molecular weight is 505 g/mol. The van der Waals surface area contributed by atoms with Crippen LogP contribution in [-0.4, -0.2) is 56.1 Å². The van der Waals surface area contributed by atoms with Crippen molar-refractivity contribution in [2.24, 2.45) is 11.8 Å². The van der Waals surface area contributed by atoms with Gasteiger partial charge in [0, 0.05) is 24.0 Å². The molecule has 1 aromatic rings. The van der Waals surface area contributed by atoms with Crippen LogP contribution in [0.1, 0.15) is 75.3 Å². The van der Waals surface area contributed by atoms with Gasteiger partial charge in [-0.05, 0) is 76.6 Å². The number of rotatable bonds is 9. The number of nitrogens with two attached hydrogens (primary N) is 1. The van der Waals surface area contributed by atoms with Gasteiger partial charge in [0.25, 0.3) is 0 Å². The molecule has 1 aliphatic heterocycles. The molecule has 1 aliphatic carbocycles. The lowest BCUT2D eigenvalue weighted by Crippen LogP contribution is -2.52. The topological polar surface area (TPSA) is 123 Å². The first-order valence-electron chi connectivity index (χ1n) is 13.3. The van der Waals surface area contributed by atoms with Gasteiger partial charge in [0.2, 0.25) is 5.91 Å². The van der Waals surface area contributed by atoms with E-state index < -0.39 is 0 Å². The van der Waals surface area contributed by atoms with Crippen molar-refractivity contribution < 1.29 is 9.59 Å². The van der Waals surface area contributed by atoms with Gasteiger partial charge in [0.05, 0.1) is 11.5 Å². The Labute approximate surface area is 215 Å². The predicted molar refractivity (Wildman–Crippen MR) is 143 cm³/mol. The molecule has 3 amide bonds. The Kier molecular flexibility index (Phi) is 12.5. The number of carbonyl (C=O) groups excluding carboxylic acids is 2. The number of nitrogen functional groups attached to an aromatic ring is 1. The number of fused-ring (bicyclic) bond motifs is 1. The largest absolute Gasteiger partial charge is 0.389 e. The van der Waals surface area contributed by atoms with E-state index in [1.54, 1.807) is 0 Å². The lowest BCUT2D eigenvalue weighted by atomic mass is 9.80. The summed E-state index contributed by atoms with van der Waals surface area (Å²) in [6.07, 6.45) is 6.83. The number of hydrogen-bond donors (Lipinski definition) is 4. The van der Waals surface area contributed by atoms with Crippen molar-refractivity contribution in [1.82, 2.24) is 20.9 Å². The SMILES string of the molecule is CC.CCCCN(C(=O)NC1CCNCC1)C(=O)C(CNC)CC1CCc2sc(N)c(C#N)c2C1. The van der Waals surface area contributed by atoms with Crippen LogP contribution in [0.4, 0.5) is 9.80 Å². The van der Waals surface area contributed by atoms with E-state index in [2.05, 4.69) is 28.9 Å². The molecule has 0 spiro atoms. The highest BCUT2D eigenvalue weighted by molar-refractivity contribution is 7.16. The van der Waals surface area contributed by atoms with Gasteiger partial charge in [-0.3, -0.25) is 9.69 Å². The molecule has 8 nitrogen and oxygen atoms in total. The van der Waals surface area contributed by atoms with Crippen molar-refractivity contribution in [2.75, 3.05) is 39.0 Å². The molecule has 196 valence electrons. The third kappa shape index (κ3) is 7.92. The van der Waals surface area contributed by atoms with Crippen molar-refractivity contribution in [3.05, 3.63) is 16.0 Å². The van der Waals surface area contributed by atoms with Crippen LogP contribution in [-0.2, 0) is 17.6 Å². The Morgan fingerprint density at radius 3 is 2.63 bits per heavy atom. The molecule has 5 N–H and O–H groups in total. The van der Waals surface area contributed by atoms with Gasteiger partial charge in [0.1, 0.15) is 11.1 Å². The first-order valence-corrected chi connectivity index (χ1v) is 14.1. The standard InChI is InChI=1S/C24H38N6O2S.C2H6/c1-3-4-11-30(24(32)29-18-7-9-28-10-8-18)23(31)17(15-27-2)12-16-5-6-21-19(13-16)20(14-25)22(26)33-21;1-2/h16-18,27-28H,3-13,15,26H2,1-2H3,(H,29,32);1-2H3. The number of piperidine rings is 1. The number of nitriles is 1. The molecule has 0 aromatic carbocycles. The maximum atomic E-state index is 13.6. The summed E-state index contributed by atoms with van der Waals surface area (Å²) in [7, 11) is 1.85. The minimum Gasteiger partial charge on any atom is -0.389 e. The molecule has 0 saturated carbocycles. The highest BCUT2D eigenvalue weighted by Crippen LogP contribution is 2.39. The smallest absolute Gasteiger partial charge is 0.324 e. The molecule has 1 fully saturated rings. The Morgan fingerprint density at radius 2 is 2.00 bits per heavy atom. The van der Waals surface area contributed by atoms with Crippen molar-refractivity contribution in [1.29, 1.82) is 5.26 Å². The number of nitrogens with one attached hydrogen (secondary N) is 3. The summed E-state index contributed by atoms with van der Waals surface area (Å²) in [6.45, 7) is 8.82. The quantitative estimate of drug-likeness (QED) is 0.407. The maximum absolute atomic E-state index is 13.6. The molecule has 2 aliphatic rings. The summed E-state index contributed by atoms with van der Waals surface area (Å²) in [5.41, 5.74) is 7.73. The highest BCUT2D eigenvalue weighted by atomic mass is 32.1. The molecule has 0 bridgehead atoms. The van der Waals surface area contributed by atoms with Gasteiger partial charge in [-0.2, -0.15) is 5.26 Å². The van der Waals surface area contributed by atoms with E-state index in [1.165, 1.54) is 21.1 Å². The van der Waals surface area contributed by atoms with Crippen LogP contribution in [0.5, 0.6) is 0 Å². The van der Waals surface area contributed by atoms with Gasteiger partial charge in [-0.15, -0.1) is 11.3 Å². The van der Waals surface area contributed by atoms with E-state index in [0.29, 0.717) is 36.0 Å². The minimum absolute atomic E-state index is 0.0969. The van der Waals surface area contributed by atoms with Crippen LogP contribution in [0.3, 0.4) is 0 Å². The summed E-state index contributed by atoms with van der Waals surface area (Å²) >= 11 is 1.52. The second-order valence-electron chi connectivity index (χ2n) is 9.27. The number of aryl methyl sites for hydroxylation is 1. The van der Waals surface area contributed by atoms with E-state index in [-0.39, 0.29) is 23.9 Å². The van der Waals surface area contributed by atoms with Crippen LogP contribution in [0, 0.1) is 23.2 Å². The monoisotopic (exact) mass is 504 g/mol. The van der Waals surface area contributed by atoms with Crippen molar-refractivity contribution in [2.45, 2.75) is 78.2 Å². The zero-order valence-corrected chi connectivity index (χ0v) is 22.7. The molecule has 9 heteroatoms. The Morgan fingerprint density at radius 1 is 1.29 bits per heavy atom. The number of imide groups is 1. The van der Waals surface area contributed by atoms with E-state index in [9.17, 15) is 14.9 Å². The molecule has 2 heterocycles. The molecule has 2 atom stereocenters. The third-order valence-corrected chi connectivity index (χ3v) is 7.95. The molecule has 35 heavy (non-hydrogen) atoms. The predicted octanol–water partition coefficient (Wildman–Crippen LogP) is 3.65. The fourth-order valence-corrected chi connectivity index (χ4v) is 6.05. The normalized spacial score (nSPS) is 18.4. The van der Waals surface area contributed by atoms with E-state index in [4.69, 9.17) is 5.73 Å². The number of urea groups is 1. The zero-order valence-electron chi connectivity index (χ0n) is 21.9. The lowest BCUT2D eigenvalue weighted by molar-refractivity contribution is -0.133. The first-order chi connectivity index (χ1) is 17.0. The third-order valence-electron chi connectivity index (χ3n) is 6.83. The van der Waals surface area contributed by atoms with Crippen molar-refractivity contribution in [3.8, 4) is 6.07 Å². The number of anilines is 1. The first kappa shape index (κ1) is 29.1. The molecule has 1 saturated heterocycles. The number of hydrogen-bond acceptors (Lipinski definition) is 7. The summed E-state index contributed by atoms with van der Waals surface area (Å²) in [5.74, 6) is -0.0829. The van der Waals surface area contributed by atoms with Crippen LogP contribution < -0.4 is 21.7 Å². The minimum atomic E-state index is -0.279. The number of carbonyl (C=O) groups is 2. The number of amides is 3. The molecule has 2 unspecified atom stereocenters. The number of unbranched alkanes of at least 4 members (excludes halogenated alkanes) is 1. The van der Waals surface area contributed by atoms with Gasteiger partial charge in [0.15, 0.2) is 0 Å². The van der Waals surface area contributed by atoms with Crippen LogP contribution in [0.15, 0.2) is 0 Å². The summed E-state index contributed by atoms with van der Waals surface area (Å²) in [5, 5.41) is 19.7. The van der Waals surface area contributed by atoms with E-state index >= 15 is 0 Å². The van der Waals surface area contributed by atoms with Gasteiger partial charge in [-0.1, -0.05) is 27.2 Å². The summed E-state index contributed by atoms with van der Waals surface area (Å²) < 4.78 is 0. The highest BCUT2D eigenvalue weighted by Gasteiger charge is 2.33. The van der Waals surface area contributed by atoms with Crippen molar-refractivity contribution >= 4 is 28.3 Å². The van der Waals surface area contributed by atoms with Gasteiger partial charge < -0.3 is 21.7 Å². The van der Waals surface area contributed by atoms with E-state index in [1.807, 2.05) is 20.9 Å². The van der Waals surface area contributed by atoms with Crippen LogP contribution >= 0.6 is 11.3 Å². The average Bonchev–Trinajstić information content (AvgIpc) is 3.19. The molecular formula is C26H44N6O2S. The van der Waals surface area contributed by atoms with Crippen LogP contribution in [0.25, 0.3) is 0 Å². The molecule has 0 radical (unpaired) electrons. The lowest BCUT2D eigenvalue weighted by Gasteiger charge is -2.32. The van der Waals surface area contributed by atoms with Gasteiger partial charge >= 0.3 is 6.03 Å². The molecule has 1 aromatic heterocycles. The Balaban J connectivity index is 0.00000210. The zero-order chi connectivity index (χ0) is 25.8.